The lowest BCUT2D eigenvalue weighted by molar-refractivity contribution is -0.103. The van der Waals surface area contributed by atoms with E-state index in [9.17, 15) is 0 Å². The molecule has 1 unspecified atom stereocenters. The third kappa shape index (κ3) is 3.29. The summed E-state index contributed by atoms with van der Waals surface area (Å²) in [6, 6.07) is 0. The molecule has 0 saturated heterocycles. The van der Waals surface area contributed by atoms with E-state index in [1.807, 2.05) is 6.92 Å². The van der Waals surface area contributed by atoms with Crippen LogP contribution in [0, 0.1) is 0 Å². The summed E-state index contributed by atoms with van der Waals surface area (Å²) in [5.41, 5.74) is 0. The summed E-state index contributed by atoms with van der Waals surface area (Å²) >= 11 is 3.98. The van der Waals surface area contributed by atoms with E-state index in [0.717, 1.165) is 0 Å². The molecule has 0 spiro atoms. The molecule has 0 aliphatic rings. The summed E-state index contributed by atoms with van der Waals surface area (Å²) in [7, 11) is 1.61. The van der Waals surface area contributed by atoms with Gasteiger partial charge in [-0.05, 0) is 6.92 Å². The van der Waals surface area contributed by atoms with Crippen LogP contribution in [0.3, 0.4) is 0 Å². The second-order valence-electron chi connectivity index (χ2n) is 1.30. The third-order valence-corrected chi connectivity index (χ3v) is 1.06. The molecule has 0 aromatic carbocycles. The van der Waals surface area contributed by atoms with Gasteiger partial charge in [0.1, 0.15) is 0 Å². The van der Waals surface area contributed by atoms with Gasteiger partial charge in [-0.25, -0.2) is 0 Å². The highest BCUT2D eigenvalue weighted by Gasteiger charge is 1.99. The summed E-state index contributed by atoms with van der Waals surface area (Å²) in [6.45, 7) is 2.61. The minimum atomic E-state index is -0.136. The fourth-order valence-corrected chi connectivity index (χ4v) is 0.636. The van der Waals surface area contributed by atoms with Crippen molar-refractivity contribution in [3.05, 3.63) is 0 Å². The maximum atomic E-state index is 5.04. The molecule has 3 heteroatoms. The van der Waals surface area contributed by atoms with E-state index in [-0.39, 0.29) is 6.29 Å². The summed E-state index contributed by atoms with van der Waals surface area (Å²) in [5.74, 6) is 0.615. The first-order chi connectivity index (χ1) is 3.85. The van der Waals surface area contributed by atoms with Crippen molar-refractivity contribution in [1.82, 2.24) is 0 Å². The Bertz CT molecular complexity index is 45.7. The first-order valence-electron chi connectivity index (χ1n) is 2.60. The van der Waals surface area contributed by atoms with Crippen molar-refractivity contribution in [3.63, 3.8) is 0 Å². The van der Waals surface area contributed by atoms with Crippen molar-refractivity contribution < 1.29 is 9.47 Å². The number of hydrogen-bond donors (Lipinski definition) is 1. The number of rotatable bonds is 4. The predicted molar refractivity (Wildman–Crippen MR) is 36.3 cm³/mol. The van der Waals surface area contributed by atoms with Crippen LogP contribution >= 0.6 is 12.6 Å². The van der Waals surface area contributed by atoms with Crippen LogP contribution in [0.1, 0.15) is 6.92 Å². The molecule has 0 N–H and O–H groups in total. The van der Waals surface area contributed by atoms with Gasteiger partial charge in [0, 0.05) is 19.5 Å². The zero-order chi connectivity index (χ0) is 6.41. The molecule has 0 rings (SSSR count). The van der Waals surface area contributed by atoms with Gasteiger partial charge in [0.2, 0.25) is 0 Å². The molecule has 0 saturated carbocycles. The lowest BCUT2D eigenvalue weighted by Gasteiger charge is -2.10. The lowest BCUT2D eigenvalue weighted by Crippen LogP contribution is -2.16. The Morgan fingerprint density at radius 3 is 2.38 bits per heavy atom. The molecule has 0 aromatic rings. The molecule has 8 heavy (non-hydrogen) atoms. The summed E-state index contributed by atoms with van der Waals surface area (Å²) in [5, 5.41) is 0. The summed E-state index contributed by atoms with van der Waals surface area (Å²) in [4.78, 5) is 0. The zero-order valence-corrected chi connectivity index (χ0v) is 6.15. The molecule has 0 fully saturated rings. The minimum Gasteiger partial charge on any atom is -0.355 e. The van der Waals surface area contributed by atoms with E-state index in [4.69, 9.17) is 9.47 Å². The van der Waals surface area contributed by atoms with E-state index < -0.39 is 0 Å². The predicted octanol–water partition coefficient (Wildman–Crippen LogP) is 0.925. The second-order valence-corrected chi connectivity index (χ2v) is 1.67. The van der Waals surface area contributed by atoms with E-state index in [2.05, 4.69) is 12.6 Å². The second kappa shape index (κ2) is 5.41. The lowest BCUT2D eigenvalue weighted by atomic mass is 10.7. The van der Waals surface area contributed by atoms with E-state index in [1.165, 1.54) is 0 Å². The molecule has 0 aromatic heterocycles. The number of methoxy groups -OCH3 is 1. The highest BCUT2D eigenvalue weighted by Crippen LogP contribution is 1.93. The monoisotopic (exact) mass is 136 g/mol. The minimum absolute atomic E-state index is 0.136. The van der Waals surface area contributed by atoms with Crippen molar-refractivity contribution in [2.24, 2.45) is 0 Å². The van der Waals surface area contributed by atoms with Gasteiger partial charge in [-0.1, -0.05) is 0 Å². The van der Waals surface area contributed by atoms with Crippen molar-refractivity contribution in [2.45, 2.75) is 13.2 Å². The van der Waals surface area contributed by atoms with Gasteiger partial charge in [-0.2, -0.15) is 12.6 Å². The van der Waals surface area contributed by atoms with Gasteiger partial charge < -0.3 is 9.47 Å². The molecule has 0 aliphatic heterocycles. The largest absolute Gasteiger partial charge is 0.355 e. The van der Waals surface area contributed by atoms with E-state index in [1.54, 1.807) is 7.11 Å². The first kappa shape index (κ1) is 8.27. The summed E-state index contributed by atoms with van der Waals surface area (Å²) < 4.78 is 9.88. The Kier molecular flexibility index (Phi) is 5.59. The molecule has 1 atom stereocenters. The van der Waals surface area contributed by atoms with Crippen LogP contribution in [0.4, 0.5) is 0 Å². The van der Waals surface area contributed by atoms with Gasteiger partial charge >= 0.3 is 0 Å². The zero-order valence-electron chi connectivity index (χ0n) is 5.26. The van der Waals surface area contributed by atoms with Crippen molar-refractivity contribution in [1.29, 1.82) is 0 Å². The Morgan fingerprint density at radius 2 is 2.25 bits per heavy atom. The Labute approximate surface area is 55.6 Å². The normalized spacial score (nSPS) is 13.9. The Hall–Kier alpha value is 0.270. The molecule has 2 nitrogen and oxygen atoms in total. The van der Waals surface area contributed by atoms with Gasteiger partial charge in [-0.15, -0.1) is 0 Å². The molecular weight excluding hydrogens is 124 g/mol. The topological polar surface area (TPSA) is 18.5 Å². The third-order valence-electron chi connectivity index (χ3n) is 0.765. The Morgan fingerprint density at radius 1 is 1.62 bits per heavy atom. The van der Waals surface area contributed by atoms with Crippen LogP contribution < -0.4 is 0 Å². The van der Waals surface area contributed by atoms with E-state index in [0.29, 0.717) is 12.4 Å². The van der Waals surface area contributed by atoms with Crippen LogP contribution in [-0.2, 0) is 9.47 Å². The molecular formula is C5H12O2S. The van der Waals surface area contributed by atoms with Gasteiger partial charge in [-0.3, -0.25) is 0 Å². The fourth-order valence-electron chi connectivity index (χ4n) is 0.381. The van der Waals surface area contributed by atoms with E-state index >= 15 is 0 Å². The van der Waals surface area contributed by atoms with Gasteiger partial charge in [0.15, 0.2) is 6.29 Å². The number of ether oxygens (including phenoxy) is 2. The highest BCUT2D eigenvalue weighted by atomic mass is 32.1. The van der Waals surface area contributed by atoms with Crippen LogP contribution in [0.2, 0.25) is 0 Å². The van der Waals surface area contributed by atoms with Crippen LogP contribution in [-0.4, -0.2) is 25.8 Å². The highest BCUT2D eigenvalue weighted by molar-refractivity contribution is 7.80. The molecule has 50 valence electrons. The average Bonchev–Trinajstić information content (AvgIpc) is 1.83. The maximum Gasteiger partial charge on any atom is 0.165 e. The quantitative estimate of drug-likeness (QED) is 0.457. The molecule has 0 bridgehead atoms. The summed E-state index contributed by atoms with van der Waals surface area (Å²) in [6.07, 6.45) is -0.136. The fraction of sp³-hybridized carbons (Fsp3) is 1.00. The standard InChI is InChI=1S/C5H12O2S/c1-3-7-5(4-8)6-2/h5,8H,3-4H2,1-2H3. The van der Waals surface area contributed by atoms with Crippen molar-refractivity contribution in [2.75, 3.05) is 19.5 Å². The number of thiol groups is 1. The van der Waals surface area contributed by atoms with Gasteiger partial charge in [0.25, 0.3) is 0 Å². The average molecular weight is 136 g/mol. The smallest absolute Gasteiger partial charge is 0.165 e. The SMILES string of the molecule is CCOC(CS)OC. The first-order valence-corrected chi connectivity index (χ1v) is 3.23. The van der Waals surface area contributed by atoms with Crippen molar-refractivity contribution >= 4 is 12.6 Å². The molecule has 0 radical (unpaired) electrons. The van der Waals surface area contributed by atoms with Crippen LogP contribution in [0.5, 0.6) is 0 Å². The van der Waals surface area contributed by atoms with Gasteiger partial charge in [0.05, 0.1) is 0 Å². The van der Waals surface area contributed by atoms with Crippen LogP contribution in [0.15, 0.2) is 0 Å². The number of hydrogen-bond acceptors (Lipinski definition) is 3. The molecule has 0 aliphatic carbocycles. The molecule has 0 heterocycles. The van der Waals surface area contributed by atoms with Crippen molar-refractivity contribution in [3.8, 4) is 0 Å². The van der Waals surface area contributed by atoms with Crippen LogP contribution in [0.25, 0.3) is 0 Å². The Balaban J connectivity index is 3.07. The maximum absolute atomic E-state index is 5.04. The molecule has 0 amide bonds.